The number of nitrogens with one attached hydrogen (secondary N) is 6. The number of amides is 4. The number of benzene rings is 4. The van der Waals surface area contributed by atoms with E-state index in [1.165, 1.54) is 114 Å². The average molecular weight is 1330 g/mol. The van der Waals surface area contributed by atoms with Gasteiger partial charge in [-0.1, -0.05) is 24.3 Å². The van der Waals surface area contributed by atoms with Crippen molar-refractivity contribution in [2.24, 2.45) is 0 Å². The van der Waals surface area contributed by atoms with Crippen molar-refractivity contribution in [3.8, 4) is 46.0 Å². The Kier molecular flexibility index (Phi) is 30.6. The zero-order chi connectivity index (χ0) is 71.4. The molecule has 0 aromatic heterocycles. The maximum Gasteiger partial charge on any atom is 0.328 e. The van der Waals surface area contributed by atoms with Crippen LogP contribution in [0, 0.1) is 0 Å². The van der Waals surface area contributed by atoms with Crippen LogP contribution in [-0.2, 0) is 112 Å². The van der Waals surface area contributed by atoms with Gasteiger partial charge >= 0.3 is 59.7 Å². The predicted octanol–water partition coefficient (Wildman–Crippen LogP) is 1.99. The molecule has 0 spiro atoms. The summed E-state index contributed by atoms with van der Waals surface area (Å²) in [6.07, 6.45) is -1.82. The van der Waals surface area contributed by atoms with Crippen LogP contribution in [0.5, 0.6) is 46.0 Å². The minimum atomic E-state index is -1.40. The van der Waals surface area contributed by atoms with E-state index in [2.05, 4.69) is 32.3 Å². The number of hydrogen-bond acceptors (Lipinski definition) is 28. The van der Waals surface area contributed by atoms with E-state index < -0.39 is 131 Å². The van der Waals surface area contributed by atoms with Crippen LogP contribution >= 0.6 is 0 Å². The molecule has 4 aromatic carbocycles. The van der Waals surface area contributed by atoms with Gasteiger partial charge in [-0.25, -0.2) is 15.6 Å². The molecule has 4 amide bonds. The van der Waals surface area contributed by atoms with Crippen molar-refractivity contribution in [2.75, 3.05) is 14.2 Å². The number of rotatable bonds is 30. The topological polar surface area (TPSA) is 438 Å². The minimum absolute atomic E-state index is 0.00443. The fraction of sp³-hybridized carbons (Fsp3) is 0.365. The van der Waals surface area contributed by atoms with Gasteiger partial charge in [0.1, 0.15) is 24.9 Å². The molecule has 0 aliphatic heterocycles. The van der Waals surface area contributed by atoms with E-state index in [4.69, 9.17) is 47.4 Å². The number of esters is 10. The monoisotopic (exact) mass is 1330 g/mol. The Morgan fingerprint density at radius 3 is 0.979 bits per heavy atom. The van der Waals surface area contributed by atoms with E-state index in [1.54, 1.807) is 0 Å². The molecule has 0 saturated heterocycles. The minimum Gasteiger partial charge on any atom is -0.468 e. The Morgan fingerprint density at radius 2 is 0.642 bits per heavy atom. The highest BCUT2D eigenvalue weighted by Crippen LogP contribution is 2.33. The van der Waals surface area contributed by atoms with E-state index >= 15 is 0 Å². The highest BCUT2D eigenvalue weighted by atomic mass is 16.6. The van der Waals surface area contributed by atoms with Gasteiger partial charge in [-0.2, -0.15) is 0 Å². The summed E-state index contributed by atoms with van der Waals surface area (Å²) in [7, 11) is 2.23. The maximum atomic E-state index is 12.8. The van der Waals surface area contributed by atoms with Crippen LogP contribution in [0.25, 0.3) is 0 Å². The third kappa shape index (κ3) is 28.0. The molecule has 4 rings (SSSR count). The molecule has 6 N–H and O–H groups in total. The molecule has 4 aromatic rings. The van der Waals surface area contributed by atoms with Gasteiger partial charge in [0.15, 0.2) is 57.6 Å². The Bertz CT molecular complexity index is 3620. The van der Waals surface area contributed by atoms with Crippen molar-refractivity contribution in [2.45, 2.75) is 138 Å². The molecule has 0 aliphatic carbocycles. The molecule has 0 heterocycles. The van der Waals surface area contributed by atoms with Crippen LogP contribution in [0.1, 0.15) is 111 Å². The van der Waals surface area contributed by atoms with Gasteiger partial charge in [-0.3, -0.25) is 82.8 Å². The van der Waals surface area contributed by atoms with Crippen molar-refractivity contribution in [3.63, 3.8) is 0 Å². The van der Waals surface area contributed by atoms with Crippen LogP contribution in [0.2, 0.25) is 0 Å². The maximum absolute atomic E-state index is 12.8. The molecule has 32 nitrogen and oxygen atoms in total. The number of ether oxygens (including phenoxy) is 10. The molecule has 0 fully saturated rings. The lowest BCUT2D eigenvalue weighted by atomic mass is 9.89. The summed E-state index contributed by atoms with van der Waals surface area (Å²) in [6, 6.07) is 13.5. The second kappa shape index (κ2) is 37.3. The van der Waals surface area contributed by atoms with Gasteiger partial charge in [0.2, 0.25) is 23.6 Å². The van der Waals surface area contributed by atoms with Gasteiger partial charge < -0.3 is 58.0 Å². The van der Waals surface area contributed by atoms with Crippen molar-refractivity contribution >= 4 is 94.9 Å². The zero-order valence-electron chi connectivity index (χ0n) is 54.0. The third-order valence-corrected chi connectivity index (χ3v) is 12.4. The number of hydrogen-bond donors (Lipinski definition) is 6. The van der Waals surface area contributed by atoms with Crippen LogP contribution < -0.4 is 70.2 Å². The molecule has 510 valence electrons. The fourth-order valence-electron chi connectivity index (χ4n) is 8.18. The van der Waals surface area contributed by atoms with Gasteiger partial charge in [0.25, 0.3) is 0 Å². The lowest BCUT2D eigenvalue weighted by Crippen LogP contribution is -2.58. The summed E-state index contributed by atoms with van der Waals surface area (Å²) in [5.74, 6) is -11.5. The summed E-state index contributed by atoms with van der Waals surface area (Å²) < 4.78 is 50.1. The number of hydrazine groups is 2. The summed E-state index contributed by atoms with van der Waals surface area (Å²) in [4.78, 5) is 192. The molecule has 95 heavy (non-hydrogen) atoms. The number of ketones is 2. The molecular weight excluding hydrogens is 1260 g/mol. The molecule has 0 aliphatic rings. The number of Topliss-reactive ketones (excluding diaryl/α,β-unsaturated/α-hetero) is 2. The molecular formula is C63H72N6O26. The quantitative estimate of drug-likeness (QED) is 0.0188. The normalized spacial score (nSPS) is 12.0. The van der Waals surface area contributed by atoms with E-state index in [9.17, 15) is 76.7 Å². The van der Waals surface area contributed by atoms with Crippen LogP contribution in [-0.4, -0.2) is 133 Å². The highest BCUT2D eigenvalue weighted by Gasteiger charge is 2.32. The van der Waals surface area contributed by atoms with Gasteiger partial charge in [-0.15, -0.1) is 0 Å². The lowest BCUT2D eigenvalue weighted by molar-refractivity contribution is -0.145. The standard InChI is InChI=1S/C32H38N4O13.C31H34N2O13/c1-17(37)32(6,16-23-9-11-26(47-19(3)39)28(14-23)49-21(5)41)36-35-30(43)15-29(42)34-33-24(31(44)45-7)12-22-8-10-25(46-18(2)38)27(13-22)48-20(4)40;1-16(34)23(11-21-7-9-25(43-17(2)35)27(13-21)45-19(4)37)32-29(39)15-30(40)33-24(31(41)42-6)12-22-8-10-26(44-18(3)36)28(14-22)46-20(5)38/h8-11,13-14,24,33,36H,12,15-16H2,1-7H3,(H,34,42)(H,35,43);7-10,13-14,23-24H,11-12,15H2,1-6H3,(H,32,39)(H,33,40). The summed E-state index contributed by atoms with van der Waals surface area (Å²) in [5, 5.41) is 4.88. The summed E-state index contributed by atoms with van der Waals surface area (Å²) >= 11 is 0. The summed E-state index contributed by atoms with van der Waals surface area (Å²) in [6.45, 7) is 13.3. The van der Waals surface area contributed by atoms with Crippen LogP contribution in [0.4, 0.5) is 0 Å². The lowest BCUT2D eigenvalue weighted by Gasteiger charge is -2.28. The van der Waals surface area contributed by atoms with E-state index in [1.807, 2.05) is 0 Å². The first-order valence-corrected chi connectivity index (χ1v) is 28.3. The third-order valence-electron chi connectivity index (χ3n) is 12.4. The van der Waals surface area contributed by atoms with Gasteiger partial charge in [0.05, 0.1) is 25.8 Å². The van der Waals surface area contributed by atoms with E-state index in [0.717, 1.165) is 48.8 Å². The average Bonchev–Trinajstić information content (AvgIpc) is 0.854. The van der Waals surface area contributed by atoms with Crippen molar-refractivity contribution in [3.05, 3.63) is 95.1 Å². The van der Waals surface area contributed by atoms with Gasteiger partial charge in [0, 0.05) is 68.2 Å². The first-order chi connectivity index (χ1) is 44.5. The van der Waals surface area contributed by atoms with Crippen molar-refractivity contribution in [1.29, 1.82) is 0 Å². The predicted molar refractivity (Wildman–Crippen MR) is 324 cm³/mol. The molecule has 4 atom stereocenters. The smallest absolute Gasteiger partial charge is 0.328 e. The molecule has 32 heteroatoms. The van der Waals surface area contributed by atoms with Gasteiger partial charge in [-0.05, 0) is 104 Å². The first-order valence-electron chi connectivity index (χ1n) is 28.3. The Hall–Kier alpha value is -11.3. The second-order valence-electron chi connectivity index (χ2n) is 20.7. The Morgan fingerprint density at radius 1 is 0.358 bits per heavy atom. The molecule has 0 saturated carbocycles. The second-order valence-corrected chi connectivity index (χ2v) is 20.7. The SMILES string of the molecule is COC(=O)C(Cc1ccc(OC(C)=O)c(OC(C)=O)c1)NC(=O)CC(=O)NC(Cc1ccc(OC(C)=O)c(OC(C)=O)c1)C(C)=O.COC(=O)C(Cc1ccc(OC(C)=O)c(OC(C)=O)c1)NNC(=O)CC(=O)NNC(C)(Cc1ccc(OC(C)=O)c(OC(C)=O)c1)C(C)=O. The van der Waals surface area contributed by atoms with E-state index in [-0.39, 0.29) is 71.7 Å². The van der Waals surface area contributed by atoms with Crippen molar-refractivity contribution in [1.82, 2.24) is 32.3 Å². The first kappa shape index (κ1) is 78.0. The molecule has 0 radical (unpaired) electrons. The highest BCUT2D eigenvalue weighted by molar-refractivity contribution is 6.00. The number of methoxy groups -OCH3 is 2. The fourth-order valence-corrected chi connectivity index (χ4v) is 8.18. The van der Waals surface area contributed by atoms with Crippen molar-refractivity contribution < 1.29 is 124 Å². The van der Waals surface area contributed by atoms with Crippen LogP contribution in [0.15, 0.2) is 72.8 Å². The summed E-state index contributed by atoms with van der Waals surface area (Å²) in [5.41, 5.74) is 10.0. The number of carbonyl (C=O) groups excluding carboxylic acids is 16. The zero-order valence-corrected chi connectivity index (χ0v) is 54.0. The Labute approximate surface area is 543 Å². The molecule has 0 bridgehead atoms. The Balaban J connectivity index is 0.000000496. The van der Waals surface area contributed by atoms with E-state index in [0.29, 0.717) is 22.3 Å². The molecule has 4 unspecified atom stereocenters. The van der Waals surface area contributed by atoms with Crippen LogP contribution in [0.3, 0.4) is 0 Å². The number of carbonyl (C=O) groups is 16. The largest absolute Gasteiger partial charge is 0.468 e.